The minimum atomic E-state index is 0.0465. The lowest BCUT2D eigenvalue weighted by Gasteiger charge is -2.43. The van der Waals surface area contributed by atoms with Crippen LogP contribution in [0.25, 0.3) is 0 Å². The molecule has 0 radical (unpaired) electrons. The number of benzene rings is 2. The van der Waals surface area contributed by atoms with Gasteiger partial charge in [-0.05, 0) is 30.7 Å². The highest BCUT2D eigenvalue weighted by Crippen LogP contribution is 2.47. The third kappa shape index (κ3) is 2.66. The van der Waals surface area contributed by atoms with Gasteiger partial charge in [0, 0.05) is 29.9 Å². The number of rotatable bonds is 1. The van der Waals surface area contributed by atoms with Gasteiger partial charge in [-0.3, -0.25) is 0 Å². The Labute approximate surface area is 151 Å². The second-order valence-corrected chi connectivity index (χ2v) is 7.67. The molecule has 128 valence electrons. The number of hydrogen-bond donors (Lipinski definition) is 0. The van der Waals surface area contributed by atoms with Gasteiger partial charge in [-0.15, -0.1) is 0 Å². The molecule has 0 fully saturated rings. The highest BCUT2D eigenvalue weighted by Gasteiger charge is 2.47. The quantitative estimate of drug-likeness (QED) is 0.715. The van der Waals surface area contributed by atoms with Crippen molar-refractivity contribution in [2.24, 2.45) is 0 Å². The maximum absolute atomic E-state index is 2.58. The van der Waals surface area contributed by atoms with Gasteiger partial charge in [0.05, 0.1) is 0 Å². The fourth-order valence-corrected chi connectivity index (χ4v) is 4.35. The molecular weight excluding hydrogens is 304 g/mol. The Balaban J connectivity index is 1.88. The molecular formula is C23H26N2. The van der Waals surface area contributed by atoms with Crippen LogP contribution >= 0.6 is 0 Å². The SMILES string of the molecule is C/C1=C\C=C/CN(c2ccccc2)C2N(C1)c1ccccc1C2(C)C. The van der Waals surface area contributed by atoms with Crippen LogP contribution in [0.15, 0.2) is 78.4 Å². The van der Waals surface area contributed by atoms with E-state index >= 15 is 0 Å². The van der Waals surface area contributed by atoms with Crippen LogP contribution in [-0.4, -0.2) is 19.3 Å². The average Bonchev–Trinajstić information content (AvgIpc) is 2.88. The second kappa shape index (κ2) is 6.11. The van der Waals surface area contributed by atoms with Crippen molar-refractivity contribution in [3.8, 4) is 0 Å². The Morgan fingerprint density at radius 2 is 1.64 bits per heavy atom. The number of nitrogens with zero attached hydrogens (tertiary/aromatic N) is 2. The Kier molecular flexibility index (Phi) is 3.91. The van der Waals surface area contributed by atoms with E-state index in [4.69, 9.17) is 0 Å². The molecule has 2 aliphatic heterocycles. The molecule has 0 saturated heterocycles. The molecule has 0 amide bonds. The number of allylic oxidation sites excluding steroid dienone is 2. The summed E-state index contributed by atoms with van der Waals surface area (Å²) in [4.78, 5) is 5.13. The van der Waals surface area contributed by atoms with Crippen molar-refractivity contribution >= 4 is 11.4 Å². The van der Waals surface area contributed by atoms with E-state index in [0.29, 0.717) is 6.17 Å². The van der Waals surface area contributed by atoms with Gasteiger partial charge >= 0.3 is 0 Å². The maximum Gasteiger partial charge on any atom is 0.111 e. The van der Waals surface area contributed by atoms with Crippen LogP contribution in [0.3, 0.4) is 0 Å². The number of anilines is 2. The first-order valence-electron chi connectivity index (χ1n) is 9.09. The van der Waals surface area contributed by atoms with E-state index in [1.165, 1.54) is 22.5 Å². The van der Waals surface area contributed by atoms with Crippen LogP contribution in [0.1, 0.15) is 26.3 Å². The van der Waals surface area contributed by atoms with E-state index in [1.807, 2.05) is 0 Å². The predicted octanol–water partition coefficient (Wildman–Crippen LogP) is 5.13. The van der Waals surface area contributed by atoms with E-state index in [1.54, 1.807) is 0 Å². The van der Waals surface area contributed by atoms with Crippen LogP contribution in [-0.2, 0) is 5.41 Å². The van der Waals surface area contributed by atoms with Crippen LogP contribution in [0.2, 0.25) is 0 Å². The minimum Gasteiger partial charge on any atom is -0.347 e. The Hall–Kier alpha value is -2.48. The molecule has 0 bridgehead atoms. The van der Waals surface area contributed by atoms with Crippen LogP contribution in [0.5, 0.6) is 0 Å². The first kappa shape index (κ1) is 16.0. The molecule has 1 atom stereocenters. The zero-order valence-electron chi connectivity index (χ0n) is 15.3. The van der Waals surface area contributed by atoms with Crippen LogP contribution in [0.4, 0.5) is 11.4 Å². The molecule has 1 unspecified atom stereocenters. The lowest BCUT2D eigenvalue weighted by molar-refractivity contribution is 0.408. The van der Waals surface area contributed by atoms with Crippen molar-refractivity contribution in [3.05, 3.63) is 84.0 Å². The molecule has 2 nitrogen and oxygen atoms in total. The van der Waals surface area contributed by atoms with Gasteiger partial charge in [0.2, 0.25) is 0 Å². The van der Waals surface area contributed by atoms with Crippen molar-refractivity contribution in [3.63, 3.8) is 0 Å². The standard InChI is InChI=1S/C23H26N2/c1-18-11-9-10-16-24(19-12-5-4-6-13-19)22-23(2,3)20-14-7-8-15-21(20)25(22)17-18/h4-15,22H,16-17H2,1-3H3/b10-9-,18-11+. The van der Waals surface area contributed by atoms with E-state index in [0.717, 1.165) is 13.1 Å². The minimum absolute atomic E-state index is 0.0465. The van der Waals surface area contributed by atoms with Crippen molar-refractivity contribution < 1.29 is 0 Å². The van der Waals surface area contributed by atoms with Gasteiger partial charge in [-0.25, -0.2) is 0 Å². The van der Waals surface area contributed by atoms with Crippen molar-refractivity contribution in [2.75, 3.05) is 22.9 Å². The third-order valence-electron chi connectivity index (χ3n) is 5.47. The summed E-state index contributed by atoms with van der Waals surface area (Å²) >= 11 is 0. The molecule has 4 rings (SSSR count). The summed E-state index contributed by atoms with van der Waals surface area (Å²) in [6.45, 7) is 8.86. The van der Waals surface area contributed by atoms with Gasteiger partial charge in [0.15, 0.2) is 0 Å². The highest BCUT2D eigenvalue weighted by atomic mass is 15.4. The van der Waals surface area contributed by atoms with Crippen LogP contribution < -0.4 is 9.80 Å². The average molecular weight is 330 g/mol. The second-order valence-electron chi connectivity index (χ2n) is 7.67. The first-order valence-corrected chi connectivity index (χ1v) is 9.09. The molecule has 0 aromatic heterocycles. The zero-order chi connectivity index (χ0) is 17.4. The van der Waals surface area contributed by atoms with Gasteiger partial charge in [-0.2, -0.15) is 0 Å². The Morgan fingerprint density at radius 3 is 2.44 bits per heavy atom. The summed E-state index contributed by atoms with van der Waals surface area (Å²) in [6.07, 6.45) is 7.02. The van der Waals surface area contributed by atoms with Crippen LogP contribution in [0, 0.1) is 0 Å². The lowest BCUT2D eigenvalue weighted by Crippen LogP contribution is -2.54. The molecule has 2 aliphatic rings. The zero-order valence-corrected chi connectivity index (χ0v) is 15.3. The molecule has 25 heavy (non-hydrogen) atoms. The van der Waals surface area contributed by atoms with E-state index in [9.17, 15) is 0 Å². The fourth-order valence-electron chi connectivity index (χ4n) is 4.35. The Morgan fingerprint density at radius 1 is 0.920 bits per heavy atom. The third-order valence-corrected chi connectivity index (χ3v) is 5.47. The summed E-state index contributed by atoms with van der Waals surface area (Å²) in [7, 11) is 0. The predicted molar refractivity (Wildman–Crippen MR) is 107 cm³/mol. The van der Waals surface area contributed by atoms with Gasteiger partial charge in [-0.1, -0.05) is 74.0 Å². The molecule has 2 aromatic rings. The largest absolute Gasteiger partial charge is 0.347 e. The van der Waals surface area contributed by atoms with Crippen molar-refractivity contribution in [2.45, 2.75) is 32.4 Å². The van der Waals surface area contributed by atoms with Crippen molar-refractivity contribution in [1.29, 1.82) is 0 Å². The molecule has 2 aromatic carbocycles. The lowest BCUT2D eigenvalue weighted by atomic mass is 9.83. The normalized spacial score (nSPS) is 25.1. The van der Waals surface area contributed by atoms with Gasteiger partial charge < -0.3 is 9.80 Å². The maximum atomic E-state index is 2.58. The number of para-hydroxylation sites is 2. The van der Waals surface area contributed by atoms with Gasteiger partial charge in [0.1, 0.15) is 6.17 Å². The summed E-state index contributed by atoms with van der Waals surface area (Å²) in [5.41, 5.74) is 5.53. The molecule has 0 N–H and O–H groups in total. The topological polar surface area (TPSA) is 6.48 Å². The number of fused-ring (bicyclic) bond motifs is 3. The molecule has 0 spiro atoms. The van der Waals surface area contributed by atoms with Crippen molar-refractivity contribution in [1.82, 2.24) is 0 Å². The molecule has 0 saturated carbocycles. The highest BCUT2D eigenvalue weighted by molar-refractivity contribution is 5.68. The van der Waals surface area contributed by atoms with E-state index in [2.05, 4.69) is 103 Å². The monoisotopic (exact) mass is 330 g/mol. The Bertz CT molecular complexity index is 815. The van der Waals surface area contributed by atoms with Gasteiger partial charge in [0.25, 0.3) is 0 Å². The summed E-state index contributed by atoms with van der Waals surface area (Å²) in [5.74, 6) is 0. The van der Waals surface area contributed by atoms with E-state index in [-0.39, 0.29) is 5.41 Å². The summed E-state index contributed by atoms with van der Waals surface area (Å²) in [5, 5.41) is 0. The van der Waals surface area contributed by atoms with E-state index < -0.39 is 0 Å². The number of hydrogen-bond acceptors (Lipinski definition) is 2. The molecule has 0 aliphatic carbocycles. The first-order chi connectivity index (χ1) is 12.1. The summed E-state index contributed by atoms with van der Waals surface area (Å²) < 4.78 is 0. The molecule has 2 heteroatoms. The summed E-state index contributed by atoms with van der Waals surface area (Å²) in [6, 6.07) is 19.7. The smallest absolute Gasteiger partial charge is 0.111 e. The fraction of sp³-hybridized carbons (Fsp3) is 0.304. The molecule has 2 heterocycles.